The molecule has 0 aromatic heterocycles. The molecule has 0 atom stereocenters. The first-order valence-electron chi connectivity index (χ1n) is 8.68. The normalized spacial score (nSPS) is 19.5. The van der Waals surface area contributed by atoms with E-state index in [1.54, 1.807) is 0 Å². The lowest BCUT2D eigenvalue weighted by Gasteiger charge is -2.44. The molecule has 0 radical (unpaired) electrons. The van der Waals surface area contributed by atoms with E-state index in [-0.39, 0.29) is 22.7 Å². The minimum atomic E-state index is -0.115. The number of benzene rings is 1. The van der Waals surface area contributed by atoms with Gasteiger partial charge < -0.3 is 15.1 Å². The van der Waals surface area contributed by atoms with Crippen LogP contribution in [0.15, 0.2) is 28.7 Å². The highest BCUT2D eigenvalue weighted by Crippen LogP contribution is 2.44. The summed E-state index contributed by atoms with van der Waals surface area (Å²) in [6, 6.07) is 7.51. The molecule has 2 aliphatic heterocycles. The monoisotopic (exact) mass is 425 g/mol. The Morgan fingerprint density at radius 2 is 1.80 bits per heavy atom. The molecule has 3 rings (SSSR count). The van der Waals surface area contributed by atoms with E-state index < -0.39 is 0 Å². The summed E-state index contributed by atoms with van der Waals surface area (Å²) in [6.07, 6.45) is 1.67. The van der Waals surface area contributed by atoms with E-state index in [2.05, 4.69) is 26.1 Å². The molecule has 2 heterocycles. The molecule has 2 aliphatic rings. The van der Waals surface area contributed by atoms with E-state index in [4.69, 9.17) is 0 Å². The molecule has 1 aromatic rings. The fraction of sp³-hybridized carbons (Fsp3) is 0.556. The third-order valence-corrected chi connectivity index (χ3v) is 6.95. The van der Waals surface area contributed by atoms with Crippen molar-refractivity contribution in [3.63, 3.8) is 0 Å². The first kappa shape index (κ1) is 18.6. The highest BCUT2D eigenvalue weighted by molar-refractivity contribution is 9.10. The summed E-state index contributed by atoms with van der Waals surface area (Å²) in [7, 11) is 0. The number of likely N-dealkylation sites (tertiary alicyclic amines) is 1. The molecule has 0 bridgehead atoms. The molecule has 7 heteroatoms. The molecular weight excluding hydrogens is 402 g/mol. The number of anilines is 1. The number of thioether (sulfide) groups is 1. The molecule has 0 unspecified atom stereocenters. The second kappa shape index (κ2) is 7.58. The Bertz CT molecular complexity index is 642. The molecule has 3 amide bonds. The Labute approximate surface area is 161 Å². The SMILES string of the molecule is CC(C)C(=O)N1CCSC12CCN(C(=O)Nc1ccc(Br)cc1)CC2. The summed E-state index contributed by atoms with van der Waals surface area (Å²) in [5, 5.41) is 2.95. The molecule has 5 nitrogen and oxygen atoms in total. The zero-order chi connectivity index (χ0) is 18.0. The zero-order valence-electron chi connectivity index (χ0n) is 14.6. The molecule has 2 saturated heterocycles. The lowest BCUT2D eigenvalue weighted by atomic mass is 10.0. The van der Waals surface area contributed by atoms with Crippen LogP contribution in [0.2, 0.25) is 0 Å². The standard InChI is InChI=1S/C18H24BrN3O2S/c1-13(2)16(23)22-11-12-25-18(22)7-9-21(10-8-18)17(24)20-15-5-3-14(19)4-6-15/h3-6,13H,7-12H2,1-2H3,(H,20,24). The van der Waals surface area contributed by atoms with E-state index in [1.165, 1.54) is 0 Å². The van der Waals surface area contributed by atoms with Crippen molar-refractivity contribution in [2.45, 2.75) is 31.6 Å². The van der Waals surface area contributed by atoms with Gasteiger partial charge >= 0.3 is 6.03 Å². The van der Waals surface area contributed by atoms with Gasteiger partial charge in [0.2, 0.25) is 5.91 Å². The van der Waals surface area contributed by atoms with E-state index in [0.717, 1.165) is 35.3 Å². The summed E-state index contributed by atoms with van der Waals surface area (Å²) in [5.41, 5.74) is 0.792. The Morgan fingerprint density at radius 3 is 2.40 bits per heavy atom. The second-order valence-corrected chi connectivity index (χ2v) is 9.24. The number of hydrogen-bond donors (Lipinski definition) is 1. The van der Waals surface area contributed by atoms with Gasteiger partial charge in [0, 0.05) is 41.5 Å². The molecule has 0 saturated carbocycles. The van der Waals surface area contributed by atoms with Gasteiger partial charge in [-0.25, -0.2) is 4.79 Å². The summed E-state index contributed by atoms with van der Waals surface area (Å²) in [6.45, 7) is 6.10. The van der Waals surface area contributed by atoms with E-state index in [0.29, 0.717) is 13.1 Å². The van der Waals surface area contributed by atoms with Crippen molar-refractivity contribution in [3.05, 3.63) is 28.7 Å². The minimum Gasteiger partial charge on any atom is -0.327 e. The summed E-state index contributed by atoms with van der Waals surface area (Å²) >= 11 is 5.27. The third-order valence-electron chi connectivity index (χ3n) is 4.86. The van der Waals surface area contributed by atoms with Crippen LogP contribution in [0.3, 0.4) is 0 Å². The molecule has 1 N–H and O–H groups in total. The van der Waals surface area contributed by atoms with Crippen molar-refractivity contribution in [1.29, 1.82) is 0 Å². The first-order chi connectivity index (χ1) is 11.9. The van der Waals surface area contributed by atoms with Crippen molar-refractivity contribution in [3.8, 4) is 0 Å². The Balaban J connectivity index is 1.60. The van der Waals surface area contributed by atoms with Crippen LogP contribution >= 0.6 is 27.7 Å². The van der Waals surface area contributed by atoms with E-state index in [1.807, 2.05) is 54.8 Å². The smallest absolute Gasteiger partial charge is 0.321 e. The Hall–Kier alpha value is -1.21. The highest BCUT2D eigenvalue weighted by Gasteiger charge is 2.47. The van der Waals surface area contributed by atoms with Crippen molar-refractivity contribution in [1.82, 2.24) is 9.80 Å². The topological polar surface area (TPSA) is 52.7 Å². The van der Waals surface area contributed by atoms with Gasteiger partial charge in [-0.3, -0.25) is 4.79 Å². The van der Waals surface area contributed by atoms with Gasteiger partial charge in [0.25, 0.3) is 0 Å². The Morgan fingerprint density at radius 1 is 1.16 bits per heavy atom. The maximum Gasteiger partial charge on any atom is 0.321 e. The number of nitrogens with zero attached hydrogens (tertiary/aromatic N) is 2. The number of rotatable bonds is 2. The quantitative estimate of drug-likeness (QED) is 0.778. The van der Waals surface area contributed by atoms with Gasteiger partial charge in [-0.1, -0.05) is 29.8 Å². The average molecular weight is 426 g/mol. The van der Waals surface area contributed by atoms with Gasteiger partial charge in [-0.15, -0.1) is 11.8 Å². The summed E-state index contributed by atoms with van der Waals surface area (Å²) in [5.74, 6) is 1.25. The maximum atomic E-state index is 12.5. The number of hydrogen-bond acceptors (Lipinski definition) is 3. The number of carbonyl (C=O) groups is 2. The lowest BCUT2D eigenvalue weighted by Crippen LogP contribution is -2.55. The minimum absolute atomic E-state index is 0.0225. The van der Waals surface area contributed by atoms with Crippen LogP contribution < -0.4 is 5.32 Å². The van der Waals surface area contributed by atoms with Gasteiger partial charge in [0.1, 0.15) is 0 Å². The second-order valence-electron chi connectivity index (χ2n) is 6.86. The van der Waals surface area contributed by atoms with E-state index in [9.17, 15) is 9.59 Å². The maximum absolute atomic E-state index is 12.5. The lowest BCUT2D eigenvalue weighted by molar-refractivity contribution is -0.137. The summed E-state index contributed by atoms with van der Waals surface area (Å²) in [4.78, 5) is 28.8. The molecular formula is C18H24BrN3O2S. The van der Waals surface area contributed by atoms with Crippen LogP contribution in [0.1, 0.15) is 26.7 Å². The van der Waals surface area contributed by atoms with Gasteiger partial charge in [-0.05, 0) is 37.1 Å². The van der Waals surface area contributed by atoms with Crippen molar-refractivity contribution in [2.24, 2.45) is 5.92 Å². The van der Waals surface area contributed by atoms with Crippen LogP contribution in [0.25, 0.3) is 0 Å². The number of piperidine rings is 1. The van der Waals surface area contributed by atoms with Crippen LogP contribution in [-0.2, 0) is 4.79 Å². The van der Waals surface area contributed by atoms with Crippen LogP contribution in [0, 0.1) is 5.92 Å². The van der Waals surface area contributed by atoms with Crippen LogP contribution in [-0.4, -0.2) is 52.0 Å². The van der Waals surface area contributed by atoms with Gasteiger partial charge in [0.15, 0.2) is 0 Å². The fourth-order valence-electron chi connectivity index (χ4n) is 3.44. The van der Waals surface area contributed by atoms with Gasteiger partial charge in [0.05, 0.1) is 4.87 Å². The highest BCUT2D eigenvalue weighted by atomic mass is 79.9. The number of urea groups is 1. The van der Waals surface area contributed by atoms with Crippen molar-refractivity contribution < 1.29 is 9.59 Å². The average Bonchev–Trinajstić information content (AvgIpc) is 2.99. The summed E-state index contributed by atoms with van der Waals surface area (Å²) < 4.78 is 0.985. The Kier molecular flexibility index (Phi) is 5.63. The predicted molar refractivity (Wildman–Crippen MR) is 106 cm³/mol. The third kappa shape index (κ3) is 3.97. The van der Waals surface area contributed by atoms with Crippen LogP contribution in [0.4, 0.5) is 10.5 Å². The fourth-order valence-corrected chi connectivity index (χ4v) is 5.17. The molecule has 2 fully saturated rings. The molecule has 0 aliphatic carbocycles. The molecule has 1 aromatic carbocycles. The number of nitrogens with one attached hydrogen (secondary N) is 1. The van der Waals surface area contributed by atoms with Crippen molar-refractivity contribution >= 4 is 45.3 Å². The predicted octanol–water partition coefficient (Wildman–Crippen LogP) is 4.00. The number of carbonyl (C=O) groups excluding carboxylic acids is 2. The molecule has 1 spiro atoms. The zero-order valence-corrected chi connectivity index (χ0v) is 17.0. The largest absolute Gasteiger partial charge is 0.327 e. The van der Waals surface area contributed by atoms with Gasteiger partial charge in [-0.2, -0.15) is 0 Å². The molecule has 25 heavy (non-hydrogen) atoms. The number of amides is 3. The van der Waals surface area contributed by atoms with E-state index >= 15 is 0 Å². The van der Waals surface area contributed by atoms with Crippen LogP contribution in [0.5, 0.6) is 0 Å². The number of halogens is 1. The first-order valence-corrected chi connectivity index (χ1v) is 10.5. The van der Waals surface area contributed by atoms with Crippen molar-refractivity contribution in [2.75, 3.05) is 30.7 Å². The molecule has 136 valence electrons.